The summed E-state index contributed by atoms with van der Waals surface area (Å²) < 4.78 is 37.0. The molecular weight excluding hydrogens is 253 g/mol. The minimum absolute atomic E-state index is 0.101. The SMILES string of the molecule is Cc1ncc(CN(CCCO)CC(F)(F)F)s1. The van der Waals surface area contributed by atoms with Crippen molar-refractivity contribution in [2.75, 3.05) is 19.7 Å². The molecule has 0 radical (unpaired) electrons. The maximum atomic E-state index is 12.3. The number of rotatable bonds is 6. The Morgan fingerprint density at radius 1 is 1.47 bits per heavy atom. The zero-order chi connectivity index (χ0) is 12.9. The van der Waals surface area contributed by atoms with E-state index in [-0.39, 0.29) is 19.7 Å². The van der Waals surface area contributed by atoms with Crippen molar-refractivity contribution >= 4 is 11.3 Å². The monoisotopic (exact) mass is 268 g/mol. The van der Waals surface area contributed by atoms with Crippen molar-refractivity contribution in [3.8, 4) is 0 Å². The van der Waals surface area contributed by atoms with Gasteiger partial charge in [0.05, 0.1) is 11.6 Å². The number of aliphatic hydroxyl groups is 1. The molecule has 1 aromatic rings. The van der Waals surface area contributed by atoms with Crippen molar-refractivity contribution in [3.63, 3.8) is 0 Å². The molecule has 0 fully saturated rings. The second-order valence-electron chi connectivity index (χ2n) is 3.75. The molecule has 0 unspecified atom stereocenters. The Labute approximate surface area is 102 Å². The van der Waals surface area contributed by atoms with Crippen molar-refractivity contribution in [2.45, 2.75) is 26.1 Å². The van der Waals surface area contributed by atoms with Crippen LogP contribution in [0.5, 0.6) is 0 Å². The zero-order valence-corrected chi connectivity index (χ0v) is 10.3. The Morgan fingerprint density at radius 3 is 2.65 bits per heavy atom. The van der Waals surface area contributed by atoms with E-state index in [9.17, 15) is 13.2 Å². The Bertz CT molecular complexity index is 341. The molecule has 1 heterocycles. The number of hydrogen-bond donors (Lipinski definition) is 1. The number of nitrogens with zero attached hydrogens (tertiary/aromatic N) is 2. The summed E-state index contributed by atoms with van der Waals surface area (Å²) in [6, 6.07) is 0. The normalized spacial score (nSPS) is 12.4. The van der Waals surface area contributed by atoms with Gasteiger partial charge in [0, 0.05) is 30.8 Å². The molecule has 0 saturated heterocycles. The molecule has 3 nitrogen and oxygen atoms in total. The maximum Gasteiger partial charge on any atom is 0.401 e. The number of halogens is 3. The van der Waals surface area contributed by atoms with E-state index in [2.05, 4.69) is 4.98 Å². The van der Waals surface area contributed by atoms with E-state index in [0.717, 1.165) is 9.88 Å². The van der Waals surface area contributed by atoms with Gasteiger partial charge in [0.1, 0.15) is 0 Å². The quantitative estimate of drug-likeness (QED) is 0.859. The highest BCUT2D eigenvalue weighted by atomic mass is 32.1. The summed E-state index contributed by atoms with van der Waals surface area (Å²) in [6.07, 6.45) is -2.27. The maximum absolute atomic E-state index is 12.3. The van der Waals surface area contributed by atoms with Crippen LogP contribution in [0.2, 0.25) is 0 Å². The molecule has 0 aliphatic carbocycles. The van der Waals surface area contributed by atoms with Crippen LogP contribution in [0, 0.1) is 6.92 Å². The van der Waals surface area contributed by atoms with Crippen molar-refractivity contribution in [1.82, 2.24) is 9.88 Å². The smallest absolute Gasteiger partial charge is 0.396 e. The van der Waals surface area contributed by atoms with Gasteiger partial charge in [-0.25, -0.2) is 4.98 Å². The molecule has 0 spiro atoms. The van der Waals surface area contributed by atoms with E-state index >= 15 is 0 Å². The van der Waals surface area contributed by atoms with Crippen molar-refractivity contribution in [3.05, 3.63) is 16.1 Å². The minimum Gasteiger partial charge on any atom is -0.396 e. The highest BCUT2D eigenvalue weighted by Crippen LogP contribution is 2.20. The van der Waals surface area contributed by atoms with Gasteiger partial charge in [-0.2, -0.15) is 13.2 Å². The molecule has 1 rings (SSSR count). The predicted octanol–water partition coefficient (Wildman–Crippen LogP) is 2.20. The van der Waals surface area contributed by atoms with Crippen LogP contribution in [0.1, 0.15) is 16.3 Å². The summed E-state index contributed by atoms with van der Waals surface area (Å²) in [6.45, 7) is 1.22. The first kappa shape index (κ1) is 14.4. The average Bonchev–Trinajstić information content (AvgIpc) is 2.58. The van der Waals surface area contributed by atoms with Gasteiger partial charge < -0.3 is 5.11 Å². The van der Waals surface area contributed by atoms with Crippen LogP contribution in [-0.2, 0) is 6.54 Å². The molecule has 17 heavy (non-hydrogen) atoms. The number of aliphatic hydroxyl groups excluding tert-OH is 1. The van der Waals surface area contributed by atoms with Gasteiger partial charge in [0.25, 0.3) is 0 Å². The van der Waals surface area contributed by atoms with E-state index < -0.39 is 12.7 Å². The first-order valence-corrected chi connectivity index (χ1v) is 6.03. The molecule has 0 saturated carbocycles. The highest BCUT2D eigenvalue weighted by molar-refractivity contribution is 7.11. The first-order chi connectivity index (χ1) is 7.90. The van der Waals surface area contributed by atoms with E-state index in [1.54, 1.807) is 6.20 Å². The number of thiazole rings is 1. The second kappa shape index (κ2) is 6.32. The van der Waals surface area contributed by atoms with Crippen molar-refractivity contribution in [1.29, 1.82) is 0 Å². The predicted molar refractivity (Wildman–Crippen MR) is 59.9 cm³/mol. The molecule has 0 amide bonds. The molecule has 0 bridgehead atoms. The van der Waals surface area contributed by atoms with Crippen LogP contribution in [-0.4, -0.2) is 40.9 Å². The second-order valence-corrected chi connectivity index (χ2v) is 5.07. The standard InChI is InChI=1S/C10H15F3N2OS/c1-8-14-5-9(17-8)6-15(3-2-4-16)7-10(11,12)13/h5,16H,2-4,6-7H2,1H3. The lowest BCUT2D eigenvalue weighted by atomic mass is 10.3. The topological polar surface area (TPSA) is 36.4 Å². The lowest BCUT2D eigenvalue weighted by molar-refractivity contribution is -0.147. The summed E-state index contributed by atoms with van der Waals surface area (Å²) in [7, 11) is 0. The zero-order valence-electron chi connectivity index (χ0n) is 9.50. The number of aryl methyl sites for hydroxylation is 1. The van der Waals surface area contributed by atoms with E-state index in [1.807, 2.05) is 6.92 Å². The largest absolute Gasteiger partial charge is 0.401 e. The first-order valence-electron chi connectivity index (χ1n) is 5.22. The third kappa shape index (κ3) is 5.99. The fraction of sp³-hybridized carbons (Fsp3) is 0.700. The highest BCUT2D eigenvalue weighted by Gasteiger charge is 2.30. The number of aromatic nitrogens is 1. The Kier molecular flexibility index (Phi) is 5.35. The molecule has 0 aromatic carbocycles. The molecule has 0 aliphatic heterocycles. The van der Waals surface area contributed by atoms with Crippen LogP contribution in [0.3, 0.4) is 0 Å². The minimum atomic E-state index is -4.21. The lowest BCUT2D eigenvalue weighted by Gasteiger charge is -2.22. The molecule has 98 valence electrons. The van der Waals surface area contributed by atoms with Gasteiger partial charge in [-0.1, -0.05) is 0 Å². The van der Waals surface area contributed by atoms with Crippen LogP contribution >= 0.6 is 11.3 Å². The molecule has 0 aliphatic rings. The van der Waals surface area contributed by atoms with Crippen LogP contribution in [0.25, 0.3) is 0 Å². The fourth-order valence-corrected chi connectivity index (χ4v) is 2.30. The molecule has 7 heteroatoms. The molecule has 1 aromatic heterocycles. The summed E-state index contributed by atoms with van der Waals surface area (Å²) in [4.78, 5) is 6.10. The van der Waals surface area contributed by atoms with Gasteiger partial charge in [-0.15, -0.1) is 11.3 Å². The van der Waals surface area contributed by atoms with E-state index in [0.29, 0.717) is 6.42 Å². The van der Waals surface area contributed by atoms with E-state index in [1.165, 1.54) is 16.2 Å². The average molecular weight is 268 g/mol. The van der Waals surface area contributed by atoms with Gasteiger partial charge in [-0.05, 0) is 13.3 Å². The van der Waals surface area contributed by atoms with Gasteiger partial charge >= 0.3 is 6.18 Å². The number of hydrogen-bond acceptors (Lipinski definition) is 4. The van der Waals surface area contributed by atoms with Crippen molar-refractivity contribution in [2.24, 2.45) is 0 Å². The van der Waals surface area contributed by atoms with Gasteiger partial charge in [0.2, 0.25) is 0 Å². The van der Waals surface area contributed by atoms with Crippen LogP contribution in [0.15, 0.2) is 6.20 Å². The van der Waals surface area contributed by atoms with Gasteiger partial charge in [-0.3, -0.25) is 4.90 Å². The third-order valence-corrected chi connectivity index (χ3v) is 2.98. The van der Waals surface area contributed by atoms with Crippen molar-refractivity contribution < 1.29 is 18.3 Å². The fourth-order valence-electron chi connectivity index (χ4n) is 1.46. The summed E-state index contributed by atoms with van der Waals surface area (Å²) in [5.41, 5.74) is 0. The van der Waals surface area contributed by atoms with E-state index in [4.69, 9.17) is 5.11 Å². The van der Waals surface area contributed by atoms with Gasteiger partial charge in [0.15, 0.2) is 0 Å². The Balaban J connectivity index is 2.56. The lowest BCUT2D eigenvalue weighted by Crippen LogP contribution is -2.34. The summed E-state index contributed by atoms with van der Waals surface area (Å²) in [5.74, 6) is 0. The molecular formula is C10H15F3N2OS. The number of alkyl halides is 3. The Hall–Kier alpha value is -0.660. The molecule has 1 N–H and O–H groups in total. The van der Waals surface area contributed by atoms with Crippen LogP contribution < -0.4 is 0 Å². The summed E-state index contributed by atoms with van der Waals surface area (Å²) >= 11 is 1.39. The molecule has 0 atom stereocenters. The Morgan fingerprint density at radius 2 is 2.18 bits per heavy atom. The third-order valence-electron chi connectivity index (χ3n) is 2.08. The summed E-state index contributed by atoms with van der Waals surface area (Å²) in [5, 5.41) is 9.51. The van der Waals surface area contributed by atoms with Crippen LogP contribution in [0.4, 0.5) is 13.2 Å².